The van der Waals surface area contributed by atoms with Gasteiger partial charge in [-0.1, -0.05) is 54.2 Å². The maximum atomic E-state index is 13.5. The number of nitrogens with one attached hydrogen (secondary N) is 1. The number of carbonyl (C=O) groups excluding carboxylic acids is 2. The first kappa shape index (κ1) is 23.5. The number of halogens is 1. The molecule has 2 amide bonds. The molecule has 5 nitrogen and oxygen atoms in total. The van der Waals surface area contributed by atoms with E-state index in [0.29, 0.717) is 23.6 Å². The third-order valence-electron chi connectivity index (χ3n) is 5.71. The van der Waals surface area contributed by atoms with E-state index in [1.807, 2.05) is 60.7 Å². The molecule has 1 aromatic heterocycles. The van der Waals surface area contributed by atoms with Gasteiger partial charge < -0.3 is 10.2 Å². The Labute approximate surface area is 212 Å². The Hall–Kier alpha value is -4.23. The van der Waals surface area contributed by atoms with Crippen LogP contribution in [0.4, 0.5) is 10.1 Å². The monoisotopic (exact) mass is 495 g/mol. The first-order valence-electron chi connectivity index (χ1n) is 11.4. The second kappa shape index (κ2) is 10.6. The summed E-state index contributed by atoms with van der Waals surface area (Å²) in [7, 11) is 0. The topological polar surface area (TPSA) is 62.3 Å². The fourth-order valence-electron chi connectivity index (χ4n) is 3.85. The summed E-state index contributed by atoms with van der Waals surface area (Å²) in [6.45, 7) is 0.684. The van der Waals surface area contributed by atoms with Gasteiger partial charge in [0.1, 0.15) is 5.82 Å². The van der Waals surface area contributed by atoms with E-state index in [2.05, 4.69) is 10.3 Å². The highest BCUT2D eigenvalue weighted by molar-refractivity contribution is 8.04. The summed E-state index contributed by atoms with van der Waals surface area (Å²) in [5.41, 5.74) is 3.79. The van der Waals surface area contributed by atoms with Crippen LogP contribution in [0.1, 0.15) is 27.2 Å². The van der Waals surface area contributed by atoms with Crippen LogP contribution in [0.25, 0.3) is 6.08 Å². The molecule has 2 heterocycles. The number of aromatic nitrogens is 1. The van der Waals surface area contributed by atoms with Crippen molar-refractivity contribution >= 4 is 35.3 Å². The number of amides is 2. The third kappa shape index (κ3) is 5.37. The lowest BCUT2D eigenvalue weighted by Crippen LogP contribution is -2.33. The Morgan fingerprint density at radius 2 is 1.69 bits per heavy atom. The van der Waals surface area contributed by atoms with E-state index in [-0.39, 0.29) is 17.6 Å². The van der Waals surface area contributed by atoms with Crippen LogP contribution in [0.15, 0.2) is 107 Å². The van der Waals surface area contributed by atoms with E-state index in [0.717, 1.165) is 27.4 Å². The number of para-hydroxylation sites is 1. The van der Waals surface area contributed by atoms with E-state index in [1.165, 1.54) is 23.9 Å². The smallest absolute Gasteiger partial charge is 0.265 e. The molecular formula is C29H22FN3O2S. The summed E-state index contributed by atoms with van der Waals surface area (Å²) in [4.78, 5) is 33.4. The number of nitrogens with zero attached hydrogens (tertiary/aromatic N) is 2. The van der Waals surface area contributed by atoms with Crippen LogP contribution in [-0.2, 0) is 17.9 Å². The fraction of sp³-hybridized carbons (Fsp3) is 0.0690. The molecule has 0 saturated carbocycles. The van der Waals surface area contributed by atoms with Gasteiger partial charge in [0, 0.05) is 16.7 Å². The molecule has 1 aliphatic heterocycles. The predicted octanol–water partition coefficient (Wildman–Crippen LogP) is 5.83. The van der Waals surface area contributed by atoms with Gasteiger partial charge in [-0.25, -0.2) is 4.39 Å². The van der Waals surface area contributed by atoms with Crippen LogP contribution in [0, 0.1) is 5.82 Å². The predicted molar refractivity (Wildman–Crippen MR) is 140 cm³/mol. The van der Waals surface area contributed by atoms with Crippen LogP contribution < -0.4 is 10.2 Å². The van der Waals surface area contributed by atoms with Crippen LogP contribution in [0.2, 0.25) is 0 Å². The van der Waals surface area contributed by atoms with Crippen molar-refractivity contribution in [2.24, 2.45) is 0 Å². The number of anilines is 1. The number of thioether (sulfide) groups is 1. The molecule has 0 spiro atoms. The summed E-state index contributed by atoms with van der Waals surface area (Å²) in [6, 6.07) is 26.6. The highest BCUT2D eigenvalue weighted by Gasteiger charge is 2.29. The molecule has 0 fully saturated rings. The average Bonchev–Trinajstić information content (AvgIpc) is 2.92. The zero-order chi connectivity index (χ0) is 24.9. The molecule has 1 aliphatic rings. The van der Waals surface area contributed by atoms with Gasteiger partial charge in [-0.3, -0.25) is 14.6 Å². The lowest BCUT2D eigenvalue weighted by Gasteiger charge is -2.30. The Morgan fingerprint density at radius 1 is 0.944 bits per heavy atom. The SMILES string of the molecule is O=C(NCc1ccccn1)c1ccc(/C=C2\Sc3ccccc3N(Cc3ccc(F)cc3)C2=O)cc1. The van der Waals surface area contributed by atoms with Gasteiger partial charge in [0.15, 0.2) is 0 Å². The second-order valence-corrected chi connectivity index (χ2v) is 9.31. The van der Waals surface area contributed by atoms with Crippen molar-refractivity contribution in [1.29, 1.82) is 0 Å². The van der Waals surface area contributed by atoms with Gasteiger partial charge >= 0.3 is 0 Å². The fourth-order valence-corrected chi connectivity index (χ4v) is 4.91. The molecule has 1 N–H and O–H groups in total. The molecule has 0 bridgehead atoms. The summed E-state index contributed by atoms with van der Waals surface area (Å²) >= 11 is 1.42. The molecule has 178 valence electrons. The van der Waals surface area contributed by atoms with Crippen molar-refractivity contribution in [3.05, 3.63) is 130 Å². The number of fused-ring (bicyclic) bond motifs is 1. The van der Waals surface area contributed by atoms with Crippen LogP contribution >= 0.6 is 11.8 Å². The number of hydrogen-bond donors (Lipinski definition) is 1. The average molecular weight is 496 g/mol. The molecule has 0 atom stereocenters. The summed E-state index contributed by atoms with van der Waals surface area (Å²) in [5.74, 6) is -0.628. The highest BCUT2D eigenvalue weighted by Crippen LogP contribution is 2.42. The maximum absolute atomic E-state index is 13.5. The third-order valence-corrected chi connectivity index (χ3v) is 6.79. The van der Waals surface area contributed by atoms with Gasteiger partial charge in [-0.2, -0.15) is 0 Å². The molecule has 3 aromatic carbocycles. The number of benzene rings is 3. The highest BCUT2D eigenvalue weighted by atomic mass is 32.2. The van der Waals surface area contributed by atoms with Crippen molar-refractivity contribution in [2.75, 3.05) is 4.90 Å². The lowest BCUT2D eigenvalue weighted by molar-refractivity contribution is -0.114. The molecule has 7 heteroatoms. The van der Waals surface area contributed by atoms with Gasteiger partial charge in [0.25, 0.3) is 11.8 Å². The zero-order valence-electron chi connectivity index (χ0n) is 19.2. The number of pyridine rings is 1. The summed E-state index contributed by atoms with van der Waals surface area (Å²) in [5, 5.41) is 2.86. The first-order chi connectivity index (χ1) is 17.6. The van der Waals surface area contributed by atoms with E-state index in [1.54, 1.807) is 35.4 Å². The molecule has 4 aromatic rings. The number of rotatable bonds is 6. The van der Waals surface area contributed by atoms with Gasteiger partial charge in [0.2, 0.25) is 0 Å². The largest absolute Gasteiger partial charge is 0.346 e. The minimum absolute atomic E-state index is 0.125. The van der Waals surface area contributed by atoms with Gasteiger partial charge in [0.05, 0.1) is 29.4 Å². The Morgan fingerprint density at radius 3 is 2.44 bits per heavy atom. The van der Waals surface area contributed by atoms with Crippen LogP contribution in [0.3, 0.4) is 0 Å². The second-order valence-electron chi connectivity index (χ2n) is 8.22. The molecule has 0 saturated heterocycles. The van der Waals surface area contributed by atoms with E-state index in [4.69, 9.17) is 0 Å². The van der Waals surface area contributed by atoms with Crippen molar-refractivity contribution in [3.63, 3.8) is 0 Å². The first-order valence-corrected chi connectivity index (χ1v) is 12.2. The van der Waals surface area contributed by atoms with Crippen molar-refractivity contribution in [3.8, 4) is 0 Å². The normalized spacial score (nSPS) is 14.0. The standard InChI is InChI=1S/C29H22FN3O2S/c30-23-14-10-21(11-15-23)19-33-25-6-1-2-7-26(25)36-27(29(33)35)17-20-8-12-22(13-9-20)28(34)32-18-24-5-3-4-16-31-24/h1-17H,18-19H2,(H,32,34)/b27-17-. The molecule has 36 heavy (non-hydrogen) atoms. The molecule has 0 radical (unpaired) electrons. The van der Waals surface area contributed by atoms with Crippen LogP contribution in [-0.4, -0.2) is 16.8 Å². The molecule has 0 unspecified atom stereocenters. The Bertz CT molecular complexity index is 1420. The van der Waals surface area contributed by atoms with Crippen molar-refractivity contribution in [1.82, 2.24) is 10.3 Å². The summed E-state index contributed by atoms with van der Waals surface area (Å²) < 4.78 is 13.4. The summed E-state index contributed by atoms with van der Waals surface area (Å²) in [6.07, 6.45) is 3.52. The quantitative estimate of drug-likeness (QED) is 0.342. The number of hydrogen-bond acceptors (Lipinski definition) is 4. The van der Waals surface area contributed by atoms with Gasteiger partial charge in [-0.05, 0) is 65.7 Å². The lowest BCUT2D eigenvalue weighted by atomic mass is 10.1. The zero-order valence-corrected chi connectivity index (χ0v) is 20.0. The van der Waals surface area contributed by atoms with Crippen molar-refractivity contribution < 1.29 is 14.0 Å². The van der Waals surface area contributed by atoms with Crippen molar-refractivity contribution in [2.45, 2.75) is 18.0 Å². The van der Waals surface area contributed by atoms with Gasteiger partial charge in [-0.15, -0.1) is 0 Å². The Kier molecular flexibility index (Phi) is 6.91. The molecule has 5 rings (SSSR count). The minimum Gasteiger partial charge on any atom is -0.346 e. The Balaban J connectivity index is 1.34. The molecular weight excluding hydrogens is 473 g/mol. The van der Waals surface area contributed by atoms with E-state index < -0.39 is 0 Å². The maximum Gasteiger partial charge on any atom is 0.265 e. The minimum atomic E-state index is -0.311. The van der Waals surface area contributed by atoms with E-state index >= 15 is 0 Å². The van der Waals surface area contributed by atoms with E-state index in [9.17, 15) is 14.0 Å². The molecule has 0 aliphatic carbocycles. The van der Waals surface area contributed by atoms with Crippen LogP contribution in [0.5, 0.6) is 0 Å². The number of carbonyl (C=O) groups is 2.